The molecule has 0 N–H and O–H groups in total. The first kappa shape index (κ1) is 19.3. The average Bonchev–Trinajstić information content (AvgIpc) is 3.03. The molecule has 0 atom stereocenters. The molecule has 0 unspecified atom stereocenters. The Hall–Kier alpha value is -2.51. The van der Waals surface area contributed by atoms with E-state index >= 15 is 0 Å². The number of methoxy groups -OCH3 is 2. The Bertz CT molecular complexity index is 1050. The zero-order chi connectivity index (χ0) is 19.4. The summed E-state index contributed by atoms with van der Waals surface area (Å²) >= 11 is 3.06. The second kappa shape index (κ2) is 8.45. The summed E-state index contributed by atoms with van der Waals surface area (Å²) in [7, 11) is 3.20. The lowest BCUT2D eigenvalue weighted by molar-refractivity contribution is 0.0998. The molecule has 3 rings (SSSR count). The molecule has 0 radical (unpaired) electrons. The summed E-state index contributed by atoms with van der Waals surface area (Å²) in [6.07, 6.45) is 3.78. The largest absolute Gasteiger partial charge is 0.493 e. The molecule has 1 aromatic heterocycles. The number of rotatable bonds is 6. The minimum atomic E-state index is -0.272. The number of carbonyl (C=O) groups excluding carboxylic acids is 1. The van der Waals surface area contributed by atoms with Crippen LogP contribution in [0.1, 0.15) is 10.4 Å². The fourth-order valence-corrected chi connectivity index (χ4v) is 4.13. The van der Waals surface area contributed by atoms with Crippen LogP contribution in [-0.4, -0.2) is 30.9 Å². The van der Waals surface area contributed by atoms with Gasteiger partial charge in [0.2, 0.25) is 0 Å². The Labute approximate surface area is 166 Å². The first-order valence-electron chi connectivity index (χ1n) is 8.20. The van der Waals surface area contributed by atoms with E-state index in [0.717, 1.165) is 15.1 Å². The van der Waals surface area contributed by atoms with Gasteiger partial charge in [-0.25, -0.2) is 0 Å². The number of ether oxygens (including phenoxy) is 2. The van der Waals surface area contributed by atoms with Crippen molar-refractivity contribution in [2.24, 2.45) is 4.99 Å². The topological polar surface area (TPSA) is 52.8 Å². The summed E-state index contributed by atoms with van der Waals surface area (Å²) in [5.41, 5.74) is 1.48. The highest BCUT2D eigenvalue weighted by molar-refractivity contribution is 7.98. The predicted octanol–water partition coefficient (Wildman–Crippen LogP) is 4.37. The molecule has 0 aliphatic rings. The monoisotopic (exact) mass is 400 g/mol. The van der Waals surface area contributed by atoms with Gasteiger partial charge in [-0.1, -0.05) is 17.4 Å². The van der Waals surface area contributed by atoms with Crippen molar-refractivity contribution in [2.75, 3.05) is 20.5 Å². The van der Waals surface area contributed by atoms with Crippen molar-refractivity contribution in [2.45, 2.75) is 11.4 Å². The number of thioether (sulfide) groups is 1. The molecule has 0 saturated carbocycles. The number of fused-ring (bicyclic) bond motifs is 1. The molecule has 0 spiro atoms. The van der Waals surface area contributed by atoms with Gasteiger partial charge in [-0.3, -0.25) is 4.79 Å². The van der Waals surface area contributed by atoms with Crippen LogP contribution in [0.5, 0.6) is 11.5 Å². The molecule has 0 bridgehead atoms. The third-order valence-corrected chi connectivity index (χ3v) is 5.82. The van der Waals surface area contributed by atoms with E-state index in [1.165, 1.54) is 11.3 Å². The Balaban J connectivity index is 2.13. The van der Waals surface area contributed by atoms with Crippen molar-refractivity contribution in [3.63, 3.8) is 0 Å². The molecule has 0 aliphatic heterocycles. The van der Waals surface area contributed by atoms with Crippen LogP contribution >= 0.6 is 23.1 Å². The summed E-state index contributed by atoms with van der Waals surface area (Å²) in [5, 5.41) is 0. The third kappa shape index (κ3) is 3.94. The van der Waals surface area contributed by atoms with Gasteiger partial charge in [0.15, 0.2) is 16.3 Å². The molecule has 0 saturated heterocycles. The van der Waals surface area contributed by atoms with Crippen molar-refractivity contribution in [3.05, 3.63) is 59.4 Å². The minimum Gasteiger partial charge on any atom is -0.493 e. The summed E-state index contributed by atoms with van der Waals surface area (Å²) in [4.78, 5) is 18.7. The lowest BCUT2D eigenvalue weighted by Gasteiger charge is -2.08. The zero-order valence-corrected chi connectivity index (χ0v) is 17.0. The summed E-state index contributed by atoms with van der Waals surface area (Å²) < 4.78 is 13.7. The van der Waals surface area contributed by atoms with Gasteiger partial charge in [-0.05, 0) is 30.5 Å². The number of thiazole rings is 1. The van der Waals surface area contributed by atoms with E-state index in [1.807, 2.05) is 35.1 Å². The van der Waals surface area contributed by atoms with Crippen molar-refractivity contribution in [3.8, 4) is 11.5 Å². The molecule has 2 aromatic carbocycles. The molecule has 140 valence electrons. The van der Waals surface area contributed by atoms with E-state index in [1.54, 1.807) is 44.2 Å². The highest BCUT2D eigenvalue weighted by Crippen LogP contribution is 2.33. The van der Waals surface area contributed by atoms with E-state index in [0.29, 0.717) is 28.4 Å². The van der Waals surface area contributed by atoms with Crippen LogP contribution in [0.2, 0.25) is 0 Å². The van der Waals surface area contributed by atoms with Gasteiger partial charge in [-0.2, -0.15) is 4.99 Å². The smallest absolute Gasteiger partial charge is 0.279 e. The van der Waals surface area contributed by atoms with Crippen LogP contribution in [-0.2, 0) is 6.54 Å². The van der Waals surface area contributed by atoms with Crippen LogP contribution in [0.3, 0.4) is 0 Å². The van der Waals surface area contributed by atoms with Gasteiger partial charge in [-0.15, -0.1) is 18.3 Å². The number of aromatic nitrogens is 1. The first-order chi connectivity index (χ1) is 13.1. The maximum atomic E-state index is 12.6. The van der Waals surface area contributed by atoms with Crippen LogP contribution in [0.4, 0.5) is 0 Å². The number of hydrogen-bond donors (Lipinski definition) is 0. The van der Waals surface area contributed by atoms with Gasteiger partial charge in [0.05, 0.1) is 24.4 Å². The second-order valence-corrected chi connectivity index (χ2v) is 7.49. The normalized spacial score (nSPS) is 11.6. The quantitative estimate of drug-likeness (QED) is 0.455. The Morgan fingerprint density at radius 2 is 1.89 bits per heavy atom. The van der Waals surface area contributed by atoms with Crippen molar-refractivity contribution >= 4 is 39.2 Å². The van der Waals surface area contributed by atoms with Gasteiger partial charge in [0.25, 0.3) is 5.91 Å². The van der Waals surface area contributed by atoms with E-state index in [4.69, 9.17) is 9.47 Å². The number of nitrogens with zero attached hydrogens (tertiary/aromatic N) is 2. The number of allylic oxidation sites excluding steroid dienone is 1. The van der Waals surface area contributed by atoms with Gasteiger partial charge < -0.3 is 14.0 Å². The van der Waals surface area contributed by atoms with Crippen molar-refractivity contribution < 1.29 is 14.3 Å². The molecule has 1 amide bonds. The van der Waals surface area contributed by atoms with Crippen molar-refractivity contribution in [1.82, 2.24) is 4.57 Å². The molecule has 27 heavy (non-hydrogen) atoms. The van der Waals surface area contributed by atoms with Crippen LogP contribution in [0.25, 0.3) is 10.2 Å². The molecule has 3 aromatic rings. The Kier molecular flexibility index (Phi) is 6.03. The van der Waals surface area contributed by atoms with Gasteiger partial charge in [0, 0.05) is 29.1 Å². The van der Waals surface area contributed by atoms with Crippen LogP contribution in [0.15, 0.2) is 58.9 Å². The van der Waals surface area contributed by atoms with Crippen LogP contribution in [0, 0.1) is 0 Å². The number of carbonyl (C=O) groups is 1. The van der Waals surface area contributed by atoms with E-state index in [-0.39, 0.29) is 5.91 Å². The maximum Gasteiger partial charge on any atom is 0.279 e. The van der Waals surface area contributed by atoms with Gasteiger partial charge in [0.1, 0.15) is 0 Å². The van der Waals surface area contributed by atoms with Crippen LogP contribution < -0.4 is 14.3 Å². The highest BCUT2D eigenvalue weighted by atomic mass is 32.2. The van der Waals surface area contributed by atoms with E-state index in [2.05, 4.69) is 11.6 Å². The fraction of sp³-hybridized carbons (Fsp3) is 0.200. The average molecular weight is 401 g/mol. The van der Waals surface area contributed by atoms with Crippen molar-refractivity contribution in [1.29, 1.82) is 0 Å². The lowest BCUT2D eigenvalue weighted by Crippen LogP contribution is -2.16. The maximum absolute atomic E-state index is 12.6. The highest BCUT2D eigenvalue weighted by Gasteiger charge is 2.13. The molecule has 7 heteroatoms. The SMILES string of the molecule is C=CCn1c(=NC(=O)c2ccc(SC)cc2)sc2cc(OC)c(OC)cc21. The van der Waals surface area contributed by atoms with E-state index in [9.17, 15) is 4.79 Å². The number of hydrogen-bond acceptors (Lipinski definition) is 5. The molecular weight excluding hydrogens is 380 g/mol. The van der Waals surface area contributed by atoms with E-state index < -0.39 is 0 Å². The zero-order valence-electron chi connectivity index (χ0n) is 15.4. The molecule has 1 heterocycles. The summed E-state index contributed by atoms with van der Waals surface area (Å²) in [6, 6.07) is 11.2. The summed E-state index contributed by atoms with van der Waals surface area (Å²) in [5.74, 6) is 1.000. The summed E-state index contributed by atoms with van der Waals surface area (Å²) in [6.45, 7) is 4.35. The van der Waals surface area contributed by atoms with Gasteiger partial charge >= 0.3 is 0 Å². The second-order valence-electron chi connectivity index (χ2n) is 5.60. The molecule has 5 nitrogen and oxygen atoms in total. The number of amides is 1. The number of benzene rings is 2. The minimum absolute atomic E-state index is 0.272. The molecule has 0 aliphatic carbocycles. The predicted molar refractivity (Wildman–Crippen MR) is 111 cm³/mol. The standard InChI is InChI=1S/C20H20N2O3S2/c1-5-10-22-15-11-16(24-2)17(25-3)12-18(15)27-20(22)21-19(23)13-6-8-14(26-4)9-7-13/h5-9,11-12H,1,10H2,2-4H3. The molecule has 0 fully saturated rings. The third-order valence-electron chi connectivity index (χ3n) is 4.03. The molecular formula is C20H20N2O3S2. The Morgan fingerprint density at radius 3 is 2.48 bits per heavy atom. The Morgan fingerprint density at radius 1 is 1.22 bits per heavy atom. The fourth-order valence-electron chi connectivity index (χ4n) is 2.67. The first-order valence-corrected chi connectivity index (χ1v) is 10.2. The lowest BCUT2D eigenvalue weighted by atomic mass is 10.2.